The Morgan fingerprint density at radius 2 is 2.14 bits per heavy atom. The summed E-state index contributed by atoms with van der Waals surface area (Å²) in [5, 5.41) is 4.70. The minimum atomic E-state index is -0.637. The maximum Gasteiger partial charge on any atom is 0.131 e. The van der Waals surface area contributed by atoms with E-state index in [-0.39, 0.29) is 5.82 Å². The monoisotopic (exact) mass is 310 g/mol. The van der Waals surface area contributed by atoms with Gasteiger partial charge < -0.3 is 10.6 Å². The molecule has 1 heterocycles. The van der Waals surface area contributed by atoms with Gasteiger partial charge in [-0.1, -0.05) is 29.8 Å². The number of aromatic nitrogens is 2. The molecule has 0 fully saturated rings. The molecule has 0 saturated carbocycles. The molecule has 1 aromatic carbocycles. The lowest BCUT2D eigenvalue weighted by molar-refractivity contribution is 0.367. The largest absolute Gasteiger partial charge is 0.319 e. The van der Waals surface area contributed by atoms with Gasteiger partial charge in [0.25, 0.3) is 0 Å². The van der Waals surface area contributed by atoms with Gasteiger partial charge in [-0.25, -0.2) is 4.39 Å². The van der Waals surface area contributed by atoms with Gasteiger partial charge in [0.15, 0.2) is 0 Å². The maximum atomic E-state index is 14.3. The Labute approximate surface area is 129 Å². The summed E-state index contributed by atoms with van der Waals surface area (Å²) in [5.74, 6) is -0.290. The third-order valence-corrected chi connectivity index (χ3v) is 3.73. The number of nitrogens with zero attached hydrogens (tertiary/aromatic N) is 3. The van der Waals surface area contributed by atoms with Crippen LogP contribution in [-0.2, 0) is 6.54 Å². The first-order valence-electron chi connectivity index (χ1n) is 6.78. The third kappa shape index (κ3) is 3.43. The lowest BCUT2D eigenvalue weighted by Gasteiger charge is -2.18. The molecule has 0 bridgehead atoms. The zero-order chi connectivity index (χ0) is 15.6. The Hall–Kier alpha value is -1.43. The van der Waals surface area contributed by atoms with E-state index >= 15 is 0 Å². The van der Waals surface area contributed by atoms with Crippen LogP contribution in [-0.4, -0.2) is 35.3 Å². The topological polar surface area (TPSA) is 47.1 Å². The van der Waals surface area contributed by atoms with Gasteiger partial charge in [-0.2, -0.15) is 5.10 Å². The van der Waals surface area contributed by atoms with E-state index in [1.165, 1.54) is 0 Å². The van der Waals surface area contributed by atoms with E-state index in [9.17, 15) is 4.39 Å². The molecule has 0 aliphatic carbocycles. The molecule has 1 atom stereocenters. The van der Waals surface area contributed by atoms with Crippen molar-refractivity contribution in [2.45, 2.75) is 19.5 Å². The summed E-state index contributed by atoms with van der Waals surface area (Å²) in [4.78, 5) is 2.04. The van der Waals surface area contributed by atoms with Gasteiger partial charge in [-0.05, 0) is 26.6 Å². The normalized spacial score (nSPS) is 12.9. The second-order valence-electron chi connectivity index (χ2n) is 5.36. The van der Waals surface area contributed by atoms with Gasteiger partial charge in [-0.3, -0.25) is 4.68 Å². The third-order valence-electron chi connectivity index (χ3n) is 3.44. The van der Waals surface area contributed by atoms with Crippen molar-refractivity contribution in [2.75, 3.05) is 20.6 Å². The van der Waals surface area contributed by atoms with Crippen molar-refractivity contribution in [2.24, 2.45) is 5.73 Å². The van der Waals surface area contributed by atoms with Crippen LogP contribution >= 0.6 is 11.6 Å². The molecule has 0 spiro atoms. The standard InChI is InChI=1S/C15H20ClFN4/c1-10-5-4-6-11(13(10)17)14(18)15-12(16)9-19-21(15)8-7-20(2)3/h4-6,9,14H,7-8,18H2,1-3H3. The van der Waals surface area contributed by atoms with Gasteiger partial charge in [0.05, 0.1) is 29.5 Å². The minimum Gasteiger partial charge on any atom is -0.319 e. The summed E-state index contributed by atoms with van der Waals surface area (Å²) in [7, 11) is 3.95. The van der Waals surface area contributed by atoms with Gasteiger partial charge in [0.2, 0.25) is 0 Å². The fourth-order valence-corrected chi connectivity index (χ4v) is 2.47. The van der Waals surface area contributed by atoms with E-state index in [1.54, 1.807) is 36.0 Å². The number of hydrogen-bond acceptors (Lipinski definition) is 3. The first kappa shape index (κ1) is 15.9. The molecule has 6 heteroatoms. The van der Waals surface area contributed by atoms with Crippen LogP contribution in [0.5, 0.6) is 0 Å². The smallest absolute Gasteiger partial charge is 0.131 e. The van der Waals surface area contributed by atoms with Crippen molar-refractivity contribution in [3.63, 3.8) is 0 Å². The first-order chi connectivity index (χ1) is 9.91. The van der Waals surface area contributed by atoms with Crippen molar-refractivity contribution >= 4 is 11.6 Å². The van der Waals surface area contributed by atoms with Gasteiger partial charge in [0, 0.05) is 12.1 Å². The average Bonchev–Trinajstić information content (AvgIpc) is 2.80. The lowest BCUT2D eigenvalue weighted by atomic mass is 10.0. The second kappa shape index (κ2) is 6.56. The molecule has 2 rings (SSSR count). The van der Waals surface area contributed by atoms with E-state index in [1.807, 2.05) is 19.0 Å². The summed E-state index contributed by atoms with van der Waals surface area (Å²) in [6.45, 7) is 3.17. The molecule has 1 unspecified atom stereocenters. The number of benzene rings is 1. The van der Waals surface area contributed by atoms with Crippen LogP contribution in [0.2, 0.25) is 5.02 Å². The minimum absolute atomic E-state index is 0.290. The van der Waals surface area contributed by atoms with E-state index in [0.29, 0.717) is 28.4 Å². The van der Waals surface area contributed by atoms with Gasteiger partial charge in [0.1, 0.15) is 5.82 Å². The van der Waals surface area contributed by atoms with Crippen molar-refractivity contribution in [3.05, 3.63) is 52.1 Å². The highest BCUT2D eigenvalue weighted by molar-refractivity contribution is 6.31. The summed E-state index contributed by atoms with van der Waals surface area (Å²) in [6.07, 6.45) is 1.56. The fraction of sp³-hybridized carbons (Fsp3) is 0.400. The molecule has 4 nitrogen and oxygen atoms in total. The van der Waals surface area contributed by atoms with Crippen molar-refractivity contribution < 1.29 is 4.39 Å². The molecule has 114 valence electrons. The quantitative estimate of drug-likeness (QED) is 0.923. The van der Waals surface area contributed by atoms with Crippen LogP contribution in [0.4, 0.5) is 4.39 Å². The summed E-state index contributed by atoms with van der Waals surface area (Å²) in [5.41, 5.74) is 7.88. The van der Waals surface area contributed by atoms with Crippen molar-refractivity contribution in [1.29, 1.82) is 0 Å². The average molecular weight is 311 g/mol. The van der Waals surface area contributed by atoms with Crippen molar-refractivity contribution in [3.8, 4) is 0 Å². The Bertz CT molecular complexity index is 624. The number of likely N-dealkylation sites (N-methyl/N-ethyl adjacent to an activating group) is 1. The Kier molecular flexibility index (Phi) is 4.98. The first-order valence-corrected chi connectivity index (χ1v) is 7.16. The summed E-state index contributed by atoms with van der Waals surface area (Å²) >= 11 is 6.20. The molecule has 0 amide bonds. The molecule has 21 heavy (non-hydrogen) atoms. The molecule has 0 aliphatic rings. The van der Waals surface area contributed by atoms with Crippen LogP contribution in [0.15, 0.2) is 24.4 Å². The predicted molar refractivity (Wildman–Crippen MR) is 83.0 cm³/mol. The predicted octanol–water partition coefficient (Wildman–Crippen LogP) is 2.59. The summed E-state index contributed by atoms with van der Waals surface area (Å²) < 4.78 is 16.0. The molecule has 0 saturated heterocycles. The summed E-state index contributed by atoms with van der Waals surface area (Å²) in [6, 6.07) is 4.56. The Morgan fingerprint density at radius 3 is 2.81 bits per heavy atom. The molecule has 0 aliphatic heterocycles. The van der Waals surface area contributed by atoms with Crippen LogP contribution in [0.3, 0.4) is 0 Å². The van der Waals surface area contributed by atoms with Crippen molar-refractivity contribution in [1.82, 2.24) is 14.7 Å². The number of nitrogens with two attached hydrogens (primary N) is 1. The molecule has 2 aromatic rings. The van der Waals surface area contributed by atoms with Crippen LogP contribution in [0, 0.1) is 12.7 Å². The molecule has 0 radical (unpaired) electrons. The van der Waals surface area contributed by atoms with Crippen LogP contribution < -0.4 is 5.73 Å². The zero-order valence-electron chi connectivity index (χ0n) is 12.5. The van der Waals surface area contributed by atoms with Gasteiger partial charge in [-0.15, -0.1) is 0 Å². The number of halogens is 2. The van der Waals surface area contributed by atoms with E-state index < -0.39 is 6.04 Å². The van der Waals surface area contributed by atoms with Crippen LogP contribution in [0.25, 0.3) is 0 Å². The number of hydrogen-bond donors (Lipinski definition) is 1. The fourth-order valence-electron chi connectivity index (χ4n) is 2.21. The number of aryl methyl sites for hydroxylation is 1. The maximum absolute atomic E-state index is 14.3. The SMILES string of the molecule is Cc1cccc(C(N)c2c(Cl)cnn2CCN(C)C)c1F. The zero-order valence-corrected chi connectivity index (χ0v) is 13.2. The van der Waals surface area contributed by atoms with E-state index in [4.69, 9.17) is 17.3 Å². The highest BCUT2D eigenvalue weighted by atomic mass is 35.5. The molecular weight excluding hydrogens is 291 g/mol. The highest BCUT2D eigenvalue weighted by Crippen LogP contribution is 2.28. The van der Waals surface area contributed by atoms with Gasteiger partial charge >= 0.3 is 0 Å². The molecule has 2 N–H and O–H groups in total. The Balaban J connectivity index is 2.36. The van der Waals surface area contributed by atoms with E-state index in [2.05, 4.69) is 5.10 Å². The Morgan fingerprint density at radius 1 is 1.43 bits per heavy atom. The molecular formula is C15H20ClFN4. The lowest BCUT2D eigenvalue weighted by Crippen LogP contribution is -2.24. The highest BCUT2D eigenvalue weighted by Gasteiger charge is 2.22. The second-order valence-corrected chi connectivity index (χ2v) is 5.77. The van der Waals surface area contributed by atoms with E-state index in [0.717, 1.165) is 6.54 Å². The van der Waals surface area contributed by atoms with Crippen LogP contribution in [0.1, 0.15) is 22.9 Å². The molecule has 1 aromatic heterocycles. The number of rotatable bonds is 5.